The number of furan rings is 1. The lowest BCUT2D eigenvalue weighted by atomic mass is 10.3. The highest BCUT2D eigenvalue weighted by atomic mass is 35.5. The molecule has 2 nitrogen and oxygen atoms in total. The van der Waals surface area contributed by atoms with E-state index in [1.807, 2.05) is 0 Å². The van der Waals surface area contributed by atoms with E-state index >= 15 is 0 Å². The topological polar surface area (TPSA) is 30.2 Å². The van der Waals surface area contributed by atoms with Crippen LogP contribution in [0.2, 0.25) is 0 Å². The number of halogens is 2. The lowest BCUT2D eigenvalue weighted by Gasteiger charge is -1.86. The number of hydrogen-bond donors (Lipinski definition) is 0. The number of rotatable bonds is 3. The fourth-order valence-corrected chi connectivity index (χ4v) is 1.00. The van der Waals surface area contributed by atoms with E-state index in [9.17, 15) is 4.79 Å². The lowest BCUT2D eigenvalue weighted by molar-refractivity contribution is 0.102. The number of carbonyl (C=O) groups is 1. The molecule has 0 spiro atoms. The predicted octanol–water partition coefficient (Wildman–Crippen LogP) is 3.65. The van der Waals surface area contributed by atoms with E-state index in [2.05, 4.69) is 0 Å². The van der Waals surface area contributed by atoms with Crippen molar-refractivity contribution in [3.8, 4) is 0 Å². The van der Waals surface area contributed by atoms with Gasteiger partial charge < -0.3 is 4.42 Å². The zero-order chi connectivity index (χ0) is 10.6. The fourth-order valence-electron chi connectivity index (χ4n) is 0.857. The van der Waals surface area contributed by atoms with Crippen molar-refractivity contribution >= 4 is 29.0 Å². The van der Waals surface area contributed by atoms with Gasteiger partial charge >= 0.3 is 0 Å². The Morgan fingerprint density at radius 1 is 1.43 bits per heavy atom. The van der Waals surface area contributed by atoms with E-state index in [0.717, 1.165) is 0 Å². The van der Waals surface area contributed by atoms with Crippen LogP contribution < -0.4 is 0 Å². The lowest BCUT2D eigenvalue weighted by Crippen LogP contribution is -1.89. The molecule has 0 atom stereocenters. The molecular weight excluding hydrogens is 223 g/mol. The molecule has 0 saturated heterocycles. The van der Waals surface area contributed by atoms with Crippen LogP contribution in [0.1, 0.15) is 16.3 Å². The molecule has 0 amide bonds. The van der Waals surface area contributed by atoms with E-state index in [0.29, 0.717) is 11.5 Å². The van der Waals surface area contributed by atoms with E-state index < -0.39 is 0 Å². The molecule has 74 valence electrons. The summed E-state index contributed by atoms with van der Waals surface area (Å²) in [6, 6.07) is 3.35. The largest absolute Gasteiger partial charge is 0.458 e. The molecule has 0 unspecified atom stereocenters. The van der Waals surface area contributed by atoms with Gasteiger partial charge in [0.1, 0.15) is 10.3 Å². The summed E-state index contributed by atoms with van der Waals surface area (Å²) >= 11 is 10.7. The van der Waals surface area contributed by atoms with Gasteiger partial charge in [-0.1, -0.05) is 29.3 Å². The van der Waals surface area contributed by atoms with E-state index in [4.69, 9.17) is 27.6 Å². The van der Waals surface area contributed by atoms with E-state index in [1.54, 1.807) is 19.1 Å². The second kappa shape index (κ2) is 5.03. The van der Waals surface area contributed by atoms with Crippen molar-refractivity contribution < 1.29 is 9.21 Å². The SMILES string of the molecule is Cc1ccc(C(=O)C=CC=C(Cl)Cl)o1. The summed E-state index contributed by atoms with van der Waals surface area (Å²) < 4.78 is 5.22. The summed E-state index contributed by atoms with van der Waals surface area (Å²) in [4.78, 5) is 11.3. The van der Waals surface area contributed by atoms with Crippen LogP contribution in [-0.2, 0) is 0 Å². The zero-order valence-electron chi connectivity index (χ0n) is 7.46. The molecule has 1 heterocycles. The van der Waals surface area contributed by atoms with Gasteiger partial charge in [-0.3, -0.25) is 4.79 Å². The van der Waals surface area contributed by atoms with Crippen molar-refractivity contribution in [3.05, 3.63) is 46.4 Å². The second-order valence-corrected chi connectivity index (χ2v) is 3.60. The van der Waals surface area contributed by atoms with Gasteiger partial charge in [-0.2, -0.15) is 0 Å². The van der Waals surface area contributed by atoms with Crippen LogP contribution in [0.25, 0.3) is 0 Å². The molecule has 1 aromatic heterocycles. The quantitative estimate of drug-likeness (QED) is 0.451. The summed E-state index contributed by atoms with van der Waals surface area (Å²) in [6.45, 7) is 1.77. The van der Waals surface area contributed by atoms with Crippen molar-refractivity contribution in [3.63, 3.8) is 0 Å². The third-order valence-corrected chi connectivity index (χ3v) is 1.71. The Kier molecular flexibility index (Phi) is 3.98. The minimum absolute atomic E-state index is 0.102. The Hall–Kier alpha value is -0.990. The summed E-state index contributed by atoms with van der Waals surface area (Å²) in [5.74, 6) is 0.787. The Labute approximate surface area is 91.8 Å². The Morgan fingerprint density at radius 3 is 2.64 bits per heavy atom. The first-order chi connectivity index (χ1) is 6.59. The summed E-state index contributed by atoms with van der Waals surface area (Å²) in [6.07, 6.45) is 4.22. The standard InChI is InChI=1S/C10H8Cl2O2/c1-7-5-6-9(14-7)8(13)3-2-4-10(11)12/h2-6H,1H3. The van der Waals surface area contributed by atoms with Gasteiger partial charge in [0.05, 0.1) is 0 Å². The smallest absolute Gasteiger partial charge is 0.220 e. The van der Waals surface area contributed by atoms with Crippen LogP contribution in [0, 0.1) is 6.92 Å². The molecule has 0 aromatic carbocycles. The maximum Gasteiger partial charge on any atom is 0.220 e. The molecule has 0 aliphatic heterocycles. The van der Waals surface area contributed by atoms with Crippen LogP contribution in [0.4, 0.5) is 0 Å². The van der Waals surface area contributed by atoms with Crippen LogP contribution in [0.15, 0.2) is 39.3 Å². The van der Waals surface area contributed by atoms with Crippen molar-refractivity contribution in [2.75, 3.05) is 0 Å². The molecule has 1 rings (SSSR count). The molecule has 0 radical (unpaired) electrons. The molecule has 0 bridgehead atoms. The summed E-state index contributed by atoms with van der Waals surface area (Å²) in [7, 11) is 0. The third kappa shape index (κ3) is 3.40. The fraction of sp³-hybridized carbons (Fsp3) is 0.100. The van der Waals surface area contributed by atoms with Gasteiger partial charge in [-0.15, -0.1) is 0 Å². The summed E-state index contributed by atoms with van der Waals surface area (Å²) in [5.41, 5.74) is 0. The number of carbonyl (C=O) groups excluding carboxylic acids is 1. The molecule has 0 aliphatic carbocycles. The average Bonchev–Trinajstić information content (AvgIpc) is 2.51. The van der Waals surface area contributed by atoms with E-state index in [1.165, 1.54) is 18.2 Å². The number of allylic oxidation sites excluding steroid dienone is 3. The number of hydrogen-bond acceptors (Lipinski definition) is 2. The Bertz CT molecular complexity index is 385. The predicted molar refractivity (Wildman–Crippen MR) is 56.7 cm³/mol. The molecule has 4 heteroatoms. The van der Waals surface area contributed by atoms with Gasteiger partial charge in [0.15, 0.2) is 5.76 Å². The highest BCUT2D eigenvalue weighted by Crippen LogP contribution is 2.09. The molecule has 0 saturated carbocycles. The first-order valence-electron chi connectivity index (χ1n) is 3.90. The monoisotopic (exact) mass is 230 g/mol. The minimum Gasteiger partial charge on any atom is -0.458 e. The molecular formula is C10H8Cl2O2. The van der Waals surface area contributed by atoms with Crippen molar-refractivity contribution in [2.24, 2.45) is 0 Å². The molecule has 0 fully saturated rings. The third-order valence-electron chi connectivity index (χ3n) is 1.45. The van der Waals surface area contributed by atoms with Gasteiger partial charge in [0.25, 0.3) is 0 Å². The average molecular weight is 231 g/mol. The van der Waals surface area contributed by atoms with Gasteiger partial charge in [-0.25, -0.2) is 0 Å². The van der Waals surface area contributed by atoms with Crippen LogP contribution in [0.5, 0.6) is 0 Å². The normalized spacial score (nSPS) is 10.5. The highest BCUT2D eigenvalue weighted by Gasteiger charge is 2.04. The number of ketones is 1. The maximum absolute atomic E-state index is 11.3. The van der Waals surface area contributed by atoms with Crippen molar-refractivity contribution in [2.45, 2.75) is 6.92 Å². The van der Waals surface area contributed by atoms with Crippen LogP contribution in [-0.4, -0.2) is 5.78 Å². The highest BCUT2D eigenvalue weighted by molar-refractivity contribution is 6.56. The maximum atomic E-state index is 11.3. The summed E-state index contributed by atoms with van der Waals surface area (Å²) in [5, 5.41) is 0. The Morgan fingerprint density at radius 2 is 2.14 bits per heavy atom. The van der Waals surface area contributed by atoms with Crippen molar-refractivity contribution in [1.82, 2.24) is 0 Å². The van der Waals surface area contributed by atoms with Crippen molar-refractivity contribution in [1.29, 1.82) is 0 Å². The van der Waals surface area contributed by atoms with Crippen LogP contribution >= 0.6 is 23.2 Å². The van der Waals surface area contributed by atoms with Gasteiger partial charge in [0, 0.05) is 0 Å². The molecule has 1 aromatic rings. The zero-order valence-corrected chi connectivity index (χ0v) is 8.97. The first-order valence-corrected chi connectivity index (χ1v) is 4.65. The second-order valence-electron chi connectivity index (χ2n) is 2.59. The Balaban J connectivity index is 2.68. The van der Waals surface area contributed by atoms with Crippen LogP contribution in [0.3, 0.4) is 0 Å². The molecule has 0 aliphatic rings. The van der Waals surface area contributed by atoms with Gasteiger partial charge in [0.2, 0.25) is 5.78 Å². The molecule has 14 heavy (non-hydrogen) atoms. The molecule has 0 N–H and O–H groups in total. The number of aryl methyl sites for hydroxylation is 1. The minimum atomic E-state index is -0.219. The van der Waals surface area contributed by atoms with E-state index in [-0.39, 0.29) is 10.3 Å². The first kappa shape index (κ1) is 11.1. The van der Waals surface area contributed by atoms with Gasteiger partial charge in [-0.05, 0) is 31.2 Å².